The van der Waals surface area contributed by atoms with Crippen molar-refractivity contribution in [3.05, 3.63) is 77.5 Å². The summed E-state index contributed by atoms with van der Waals surface area (Å²) in [4.78, 5) is 21.3. The Morgan fingerprint density at radius 2 is 1.52 bits per heavy atom. The number of benzene rings is 3. The van der Waals surface area contributed by atoms with Crippen LogP contribution in [0.3, 0.4) is 0 Å². The molecular formula is C34H40N2O9S. The SMILES string of the molecule is COc1cc2c(cc1OC)CN(CCCOc1ccc(S(=O)(=O)c3c(C(C)C)n(C)c4ccccc34)cc1)CC2.O=C(O)C(=O)O. The number of carbonyl (C=O) groups is 2. The number of methoxy groups -OCH3 is 2. The molecule has 246 valence electrons. The van der Waals surface area contributed by atoms with Gasteiger partial charge in [0, 0.05) is 43.3 Å². The third-order valence-electron chi connectivity index (χ3n) is 7.92. The normalized spacial score (nSPS) is 13.1. The summed E-state index contributed by atoms with van der Waals surface area (Å²) >= 11 is 0. The number of hydrogen-bond donors (Lipinski definition) is 2. The zero-order chi connectivity index (χ0) is 33.6. The number of hydrogen-bond acceptors (Lipinski definition) is 8. The van der Waals surface area contributed by atoms with Gasteiger partial charge in [0.15, 0.2) is 11.5 Å². The van der Waals surface area contributed by atoms with Crippen LogP contribution in [0.15, 0.2) is 70.5 Å². The molecule has 0 saturated carbocycles. The fraction of sp³-hybridized carbons (Fsp3) is 0.353. The highest BCUT2D eigenvalue weighted by Crippen LogP contribution is 2.37. The molecule has 12 heteroatoms. The third kappa shape index (κ3) is 7.45. The van der Waals surface area contributed by atoms with E-state index in [-0.39, 0.29) is 10.8 Å². The zero-order valence-electron chi connectivity index (χ0n) is 26.6. The molecule has 5 rings (SSSR count). The summed E-state index contributed by atoms with van der Waals surface area (Å²) in [6, 6.07) is 18.7. The van der Waals surface area contributed by atoms with Crippen LogP contribution in [0.2, 0.25) is 0 Å². The lowest BCUT2D eigenvalue weighted by atomic mass is 9.98. The van der Waals surface area contributed by atoms with Crippen molar-refractivity contribution in [3.63, 3.8) is 0 Å². The maximum absolute atomic E-state index is 13.8. The van der Waals surface area contributed by atoms with Crippen LogP contribution in [0.5, 0.6) is 17.2 Å². The molecule has 4 aromatic rings. The van der Waals surface area contributed by atoms with Gasteiger partial charge in [0.05, 0.1) is 25.7 Å². The monoisotopic (exact) mass is 652 g/mol. The number of fused-ring (bicyclic) bond motifs is 2. The second kappa shape index (κ2) is 14.7. The number of aliphatic carboxylic acids is 2. The number of rotatable bonds is 10. The number of sulfone groups is 1. The molecule has 0 atom stereocenters. The van der Waals surface area contributed by atoms with Crippen LogP contribution >= 0.6 is 0 Å². The summed E-state index contributed by atoms with van der Waals surface area (Å²) in [5.41, 5.74) is 4.32. The Bertz CT molecular complexity index is 1800. The van der Waals surface area contributed by atoms with Crippen molar-refractivity contribution in [1.29, 1.82) is 0 Å². The topological polar surface area (TPSA) is 145 Å². The van der Waals surface area contributed by atoms with E-state index < -0.39 is 21.8 Å². The Morgan fingerprint density at radius 1 is 0.913 bits per heavy atom. The summed E-state index contributed by atoms with van der Waals surface area (Å²) in [5.74, 6) is -1.38. The second-order valence-corrected chi connectivity index (χ2v) is 13.1. The molecule has 1 aliphatic heterocycles. The van der Waals surface area contributed by atoms with Crippen LogP contribution in [0.4, 0.5) is 0 Å². The molecule has 0 amide bonds. The number of ether oxygens (including phenoxy) is 3. The van der Waals surface area contributed by atoms with E-state index >= 15 is 0 Å². The first-order chi connectivity index (χ1) is 21.9. The first-order valence-electron chi connectivity index (χ1n) is 14.9. The van der Waals surface area contributed by atoms with E-state index in [1.807, 2.05) is 49.7 Å². The molecule has 0 unspecified atom stereocenters. The van der Waals surface area contributed by atoms with Crippen LogP contribution in [-0.2, 0) is 39.4 Å². The lowest BCUT2D eigenvalue weighted by molar-refractivity contribution is -0.159. The molecule has 0 spiro atoms. The van der Waals surface area contributed by atoms with Crippen LogP contribution < -0.4 is 14.2 Å². The Kier molecular flexibility index (Phi) is 11.0. The predicted molar refractivity (Wildman–Crippen MR) is 173 cm³/mol. The Morgan fingerprint density at radius 3 is 2.11 bits per heavy atom. The largest absolute Gasteiger partial charge is 0.494 e. The molecule has 0 saturated heterocycles. The summed E-state index contributed by atoms with van der Waals surface area (Å²) < 4.78 is 46.5. The predicted octanol–water partition coefficient (Wildman–Crippen LogP) is 5.13. The van der Waals surface area contributed by atoms with Gasteiger partial charge in [-0.05, 0) is 72.4 Å². The van der Waals surface area contributed by atoms with Gasteiger partial charge in [0.2, 0.25) is 9.84 Å². The lowest BCUT2D eigenvalue weighted by Crippen LogP contribution is -2.32. The minimum Gasteiger partial charge on any atom is -0.494 e. The van der Waals surface area contributed by atoms with Gasteiger partial charge in [-0.25, -0.2) is 18.0 Å². The van der Waals surface area contributed by atoms with Gasteiger partial charge in [-0.1, -0.05) is 32.0 Å². The quantitative estimate of drug-likeness (QED) is 0.175. The van der Waals surface area contributed by atoms with E-state index in [1.54, 1.807) is 38.5 Å². The van der Waals surface area contributed by atoms with Gasteiger partial charge in [0.1, 0.15) is 10.6 Å². The average molecular weight is 653 g/mol. The highest BCUT2D eigenvalue weighted by Gasteiger charge is 2.29. The van der Waals surface area contributed by atoms with E-state index in [9.17, 15) is 8.42 Å². The van der Waals surface area contributed by atoms with Gasteiger partial charge in [-0.15, -0.1) is 0 Å². The lowest BCUT2D eigenvalue weighted by Gasteiger charge is -2.29. The maximum Gasteiger partial charge on any atom is 0.414 e. The number of para-hydroxylation sites is 1. The molecular weight excluding hydrogens is 612 g/mol. The molecule has 3 aromatic carbocycles. The first-order valence-corrected chi connectivity index (χ1v) is 16.3. The van der Waals surface area contributed by atoms with Crippen molar-refractivity contribution in [2.24, 2.45) is 7.05 Å². The Labute approximate surface area is 268 Å². The van der Waals surface area contributed by atoms with Crippen molar-refractivity contribution < 1.29 is 42.4 Å². The Balaban J connectivity index is 0.000000731. The minimum absolute atomic E-state index is 0.0584. The van der Waals surface area contributed by atoms with Crippen LogP contribution in [0.25, 0.3) is 10.9 Å². The van der Waals surface area contributed by atoms with Crippen LogP contribution in [-0.4, -0.2) is 74.0 Å². The van der Waals surface area contributed by atoms with Crippen LogP contribution in [0.1, 0.15) is 43.0 Å². The number of carboxylic acid groups (broad SMARTS) is 2. The summed E-state index contributed by atoms with van der Waals surface area (Å²) in [7, 11) is 1.55. The average Bonchev–Trinajstić information content (AvgIpc) is 3.36. The number of nitrogens with zero attached hydrogens (tertiary/aromatic N) is 2. The van der Waals surface area contributed by atoms with E-state index in [2.05, 4.69) is 17.0 Å². The fourth-order valence-electron chi connectivity index (χ4n) is 5.75. The highest BCUT2D eigenvalue weighted by molar-refractivity contribution is 7.91. The van der Waals surface area contributed by atoms with Gasteiger partial charge < -0.3 is 29.0 Å². The van der Waals surface area contributed by atoms with Crippen molar-refractivity contribution in [2.75, 3.05) is 33.9 Å². The summed E-state index contributed by atoms with van der Waals surface area (Å²) in [6.45, 7) is 7.39. The molecule has 0 radical (unpaired) electrons. The van der Waals surface area contributed by atoms with Crippen molar-refractivity contribution >= 4 is 32.7 Å². The van der Waals surface area contributed by atoms with Crippen LogP contribution in [0, 0.1) is 0 Å². The molecule has 0 fully saturated rings. The highest BCUT2D eigenvalue weighted by atomic mass is 32.2. The third-order valence-corrected chi connectivity index (χ3v) is 9.78. The fourth-order valence-corrected chi connectivity index (χ4v) is 7.59. The van der Waals surface area contributed by atoms with Crippen molar-refractivity contribution in [3.8, 4) is 17.2 Å². The smallest absolute Gasteiger partial charge is 0.414 e. The molecule has 2 heterocycles. The minimum atomic E-state index is -3.71. The van der Waals surface area contributed by atoms with E-state index in [0.717, 1.165) is 60.6 Å². The zero-order valence-corrected chi connectivity index (χ0v) is 27.5. The van der Waals surface area contributed by atoms with E-state index in [0.29, 0.717) is 17.3 Å². The van der Waals surface area contributed by atoms with Gasteiger partial charge in [0.25, 0.3) is 0 Å². The molecule has 11 nitrogen and oxygen atoms in total. The van der Waals surface area contributed by atoms with Gasteiger partial charge in [-0.3, -0.25) is 4.90 Å². The number of aromatic nitrogens is 1. The van der Waals surface area contributed by atoms with Crippen molar-refractivity contribution in [2.45, 2.75) is 48.9 Å². The summed E-state index contributed by atoms with van der Waals surface area (Å²) in [5, 5.41) is 15.5. The molecule has 0 bridgehead atoms. The van der Waals surface area contributed by atoms with Gasteiger partial charge in [-0.2, -0.15) is 0 Å². The van der Waals surface area contributed by atoms with Gasteiger partial charge >= 0.3 is 11.9 Å². The molecule has 46 heavy (non-hydrogen) atoms. The molecule has 1 aliphatic rings. The molecule has 2 N–H and O–H groups in total. The molecule has 1 aromatic heterocycles. The second-order valence-electron chi connectivity index (χ2n) is 11.2. The summed E-state index contributed by atoms with van der Waals surface area (Å²) in [6.07, 6.45) is 1.85. The first kappa shape index (κ1) is 34.3. The molecule has 0 aliphatic carbocycles. The number of carboxylic acids is 2. The number of aryl methyl sites for hydroxylation is 1. The van der Waals surface area contributed by atoms with Crippen molar-refractivity contribution in [1.82, 2.24) is 9.47 Å². The van der Waals surface area contributed by atoms with E-state index in [1.165, 1.54) is 11.1 Å². The van der Waals surface area contributed by atoms with E-state index in [4.69, 9.17) is 34.0 Å². The Hall–Kier alpha value is -4.55. The maximum atomic E-state index is 13.8. The standard InChI is InChI=1S/C32H38N2O5S.C2H2O4/c1-22(2)31-32(27-9-6-7-10-28(27)33(31)3)40(35,36)26-13-11-25(12-14-26)39-18-8-16-34-17-15-23-19-29(37-4)30(38-5)20-24(23)21-34;3-1(4)2(5)6/h6-7,9-14,19-20,22H,8,15-18,21H2,1-5H3;(H,3,4)(H,5,6).